The maximum Gasteiger partial charge on any atom is 0.416 e. The molecule has 0 saturated carbocycles. The van der Waals surface area contributed by atoms with Gasteiger partial charge in [-0.15, -0.1) is 0 Å². The van der Waals surface area contributed by atoms with Crippen molar-refractivity contribution in [3.63, 3.8) is 0 Å². The van der Waals surface area contributed by atoms with Crippen molar-refractivity contribution in [3.8, 4) is 0 Å². The normalized spacial score (nSPS) is 26.6. The molecule has 3 aliphatic heterocycles. The van der Waals surface area contributed by atoms with Crippen LogP contribution in [-0.4, -0.2) is 85.1 Å². The highest BCUT2D eigenvalue weighted by molar-refractivity contribution is 7.99. The number of anilines is 1. The first-order valence-corrected chi connectivity index (χ1v) is 11.8. The third-order valence-electron chi connectivity index (χ3n) is 6.34. The fourth-order valence-corrected chi connectivity index (χ4v) is 5.51. The van der Waals surface area contributed by atoms with E-state index >= 15 is 0 Å². The topological polar surface area (TPSA) is 38.8 Å². The fraction of sp³-hybridized carbons (Fsp3) is 0.667. The van der Waals surface area contributed by atoms with Crippen LogP contribution in [0.5, 0.6) is 0 Å². The summed E-state index contributed by atoms with van der Waals surface area (Å²) < 4.78 is 38.4. The van der Waals surface area contributed by atoms with Gasteiger partial charge in [0.05, 0.1) is 11.6 Å². The van der Waals surface area contributed by atoms with Crippen LogP contribution in [0.15, 0.2) is 24.3 Å². The standard InChI is InChI=1S/C21H29F3N4OS/c22-21(23,24)16-2-4-17(5-3-16)26-6-1-7-27(9-8-26)18-14-19(25-15-18)20(29)28-10-12-30-13-11-28/h2-5,18-19,25H,1,6-15H2/t18-,19-/m0/s1. The van der Waals surface area contributed by atoms with Crippen molar-refractivity contribution in [2.75, 3.05) is 62.2 Å². The third kappa shape index (κ3) is 5.06. The number of benzene rings is 1. The number of amides is 1. The molecule has 9 heteroatoms. The number of carbonyl (C=O) groups excluding carboxylic acids is 1. The van der Waals surface area contributed by atoms with E-state index in [4.69, 9.17) is 0 Å². The summed E-state index contributed by atoms with van der Waals surface area (Å²) in [7, 11) is 0. The van der Waals surface area contributed by atoms with Crippen LogP contribution in [0.2, 0.25) is 0 Å². The van der Waals surface area contributed by atoms with Gasteiger partial charge >= 0.3 is 6.18 Å². The third-order valence-corrected chi connectivity index (χ3v) is 7.28. The van der Waals surface area contributed by atoms with Gasteiger partial charge in [0.2, 0.25) is 5.91 Å². The molecule has 0 spiro atoms. The summed E-state index contributed by atoms with van der Waals surface area (Å²) in [5, 5.41) is 3.42. The minimum Gasteiger partial charge on any atom is -0.370 e. The van der Waals surface area contributed by atoms with E-state index in [2.05, 4.69) is 15.1 Å². The SMILES string of the molecule is O=C([C@@H]1C[C@H](N2CCCN(c3ccc(C(F)(F)F)cc3)CC2)CN1)N1CCSCC1. The summed E-state index contributed by atoms with van der Waals surface area (Å²) in [5.74, 6) is 2.28. The van der Waals surface area contributed by atoms with Crippen molar-refractivity contribution in [2.24, 2.45) is 0 Å². The second kappa shape index (κ2) is 9.36. The van der Waals surface area contributed by atoms with E-state index in [1.54, 1.807) is 12.1 Å². The molecule has 1 aromatic carbocycles. The van der Waals surface area contributed by atoms with Crippen molar-refractivity contribution in [1.29, 1.82) is 0 Å². The molecule has 0 bridgehead atoms. The van der Waals surface area contributed by atoms with Gasteiger partial charge in [0.25, 0.3) is 0 Å². The first-order chi connectivity index (χ1) is 14.4. The number of nitrogens with zero attached hydrogens (tertiary/aromatic N) is 3. The lowest BCUT2D eigenvalue weighted by molar-refractivity contribution is -0.137. The minimum absolute atomic E-state index is 0.0904. The van der Waals surface area contributed by atoms with Gasteiger partial charge in [-0.25, -0.2) is 0 Å². The van der Waals surface area contributed by atoms with Gasteiger partial charge in [0, 0.05) is 69.0 Å². The molecule has 3 heterocycles. The number of nitrogens with one attached hydrogen (secondary N) is 1. The highest BCUT2D eigenvalue weighted by Gasteiger charge is 2.36. The van der Waals surface area contributed by atoms with Crippen molar-refractivity contribution in [2.45, 2.75) is 31.1 Å². The number of rotatable bonds is 3. The number of carbonyl (C=O) groups is 1. The second-order valence-corrected chi connectivity index (χ2v) is 9.43. The molecule has 2 atom stereocenters. The van der Waals surface area contributed by atoms with Crippen LogP contribution < -0.4 is 10.2 Å². The molecule has 3 aliphatic rings. The van der Waals surface area contributed by atoms with Crippen molar-refractivity contribution in [3.05, 3.63) is 29.8 Å². The molecule has 0 unspecified atom stereocenters. The summed E-state index contributed by atoms with van der Waals surface area (Å²) in [5.41, 5.74) is 0.230. The minimum atomic E-state index is -4.30. The summed E-state index contributed by atoms with van der Waals surface area (Å²) in [4.78, 5) is 19.4. The Morgan fingerprint density at radius 3 is 2.43 bits per heavy atom. The van der Waals surface area contributed by atoms with Gasteiger partial charge in [-0.2, -0.15) is 24.9 Å². The zero-order chi connectivity index (χ0) is 21.1. The predicted molar refractivity (Wildman–Crippen MR) is 114 cm³/mol. The molecule has 0 radical (unpaired) electrons. The Bertz CT molecular complexity index is 724. The Balaban J connectivity index is 1.31. The van der Waals surface area contributed by atoms with Crippen LogP contribution in [-0.2, 0) is 11.0 Å². The van der Waals surface area contributed by atoms with Crippen LogP contribution in [0.1, 0.15) is 18.4 Å². The molecule has 1 N–H and O–H groups in total. The maximum absolute atomic E-state index is 12.8. The number of thioether (sulfide) groups is 1. The molecule has 4 rings (SSSR count). The van der Waals surface area contributed by atoms with Gasteiger partial charge in [0.1, 0.15) is 0 Å². The van der Waals surface area contributed by atoms with Crippen LogP contribution in [0.4, 0.5) is 18.9 Å². The van der Waals surface area contributed by atoms with E-state index in [0.717, 1.165) is 88.0 Å². The lowest BCUT2D eigenvalue weighted by atomic mass is 10.1. The average Bonchev–Trinajstić information content (AvgIpc) is 3.11. The lowest BCUT2D eigenvalue weighted by Crippen LogP contribution is -2.47. The Labute approximate surface area is 179 Å². The number of hydrogen-bond acceptors (Lipinski definition) is 5. The second-order valence-electron chi connectivity index (χ2n) is 8.21. The number of hydrogen-bond donors (Lipinski definition) is 1. The zero-order valence-electron chi connectivity index (χ0n) is 17.0. The fourth-order valence-electron chi connectivity index (χ4n) is 4.61. The molecule has 30 heavy (non-hydrogen) atoms. The maximum atomic E-state index is 12.8. The zero-order valence-corrected chi connectivity index (χ0v) is 17.9. The molecule has 0 aliphatic carbocycles. The molecular formula is C21H29F3N4OS. The van der Waals surface area contributed by atoms with E-state index in [0.29, 0.717) is 6.04 Å². The Kier molecular flexibility index (Phi) is 6.79. The largest absolute Gasteiger partial charge is 0.416 e. The summed E-state index contributed by atoms with van der Waals surface area (Å²) >= 11 is 1.90. The first kappa shape index (κ1) is 21.8. The molecular weight excluding hydrogens is 413 g/mol. The monoisotopic (exact) mass is 442 g/mol. The number of halogens is 3. The summed E-state index contributed by atoms with van der Waals surface area (Å²) in [6.07, 6.45) is -2.51. The molecule has 3 fully saturated rings. The van der Waals surface area contributed by atoms with Gasteiger partial charge in [-0.05, 0) is 37.1 Å². The van der Waals surface area contributed by atoms with E-state index in [1.165, 1.54) is 0 Å². The molecule has 1 aromatic rings. The summed E-state index contributed by atoms with van der Waals surface area (Å²) in [6, 6.07) is 5.71. The highest BCUT2D eigenvalue weighted by Crippen LogP contribution is 2.31. The molecule has 5 nitrogen and oxygen atoms in total. The Morgan fingerprint density at radius 2 is 1.73 bits per heavy atom. The van der Waals surface area contributed by atoms with Gasteiger partial charge in [0.15, 0.2) is 0 Å². The lowest BCUT2D eigenvalue weighted by Gasteiger charge is -2.30. The highest BCUT2D eigenvalue weighted by atomic mass is 32.2. The number of alkyl halides is 3. The van der Waals surface area contributed by atoms with Gasteiger partial charge in [-0.3, -0.25) is 9.69 Å². The average molecular weight is 443 g/mol. The van der Waals surface area contributed by atoms with Crippen LogP contribution in [0, 0.1) is 0 Å². The Morgan fingerprint density at radius 1 is 1.00 bits per heavy atom. The van der Waals surface area contributed by atoms with E-state index in [1.807, 2.05) is 16.7 Å². The van der Waals surface area contributed by atoms with Crippen LogP contribution >= 0.6 is 11.8 Å². The van der Waals surface area contributed by atoms with E-state index in [-0.39, 0.29) is 11.9 Å². The molecule has 1 amide bonds. The van der Waals surface area contributed by atoms with Crippen molar-refractivity contribution in [1.82, 2.24) is 15.1 Å². The van der Waals surface area contributed by atoms with Gasteiger partial charge in [-0.1, -0.05) is 0 Å². The molecule has 0 aromatic heterocycles. The van der Waals surface area contributed by atoms with Crippen molar-refractivity contribution < 1.29 is 18.0 Å². The first-order valence-electron chi connectivity index (χ1n) is 10.7. The van der Waals surface area contributed by atoms with Crippen LogP contribution in [0.25, 0.3) is 0 Å². The van der Waals surface area contributed by atoms with Gasteiger partial charge < -0.3 is 15.1 Å². The van der Waals surface area contributed by atoms with E-state index in [9.17, 15) is 18.0 Å². The molecule has 166 valence electrons. The molecule has 3 saturated heterocycles. The summed E-state index contributed by atoms with van der Waals surface area (Å²) in [6.45, 7) is 5.93. The quantitative estimate of drug-likeness (QED) is 0.779. The Hall–Kier alpha value is -1.45. The predicted octanol–water partition coefficient (Wildman–Crippen LogP) is 2.52. The van der Waals surface area contributed by atoms with E-state index < -0.39 is 11.7 Å². The smallest absolute Gasteiger partial charge is 0.370 e. The van der Waals surface area contributed by atoms with Crippen molar-refractivity contribution >= 4 is 23.4 Å². The van der Waals surface area contributed by atoms with Crippen LogP contribution in [0.3, 0.4) is 0 Å².